The van der Waals surface area contributed by atoms with E-state index in [4.69, 9.17) is 9.15 Å². The zero-order chi connectivity index (χ0) is 16.1. The number of aromatic nitrogens is 1. The fraction of sp³-hybridized carbons (Fsp3) is 0.412. The molecule has 6 heteroatoms. The van der Waals surface area contributed by atoms with Crippen LogP contribution < -0.4 is 4.74 Å². The van der Waals surface area contributed by atoms with Gasteiger partial charge in [-0.2, -0.15) is 0 Å². The van der Waals surface area contributed by atoms with Crippen molar-refractivity contribution in [1.82, 2.24) is 14.8 Å². The number of amides is 1. The van der Waals surface area contributed by atoms with Crippen LogP contribution in [0.1, 0.15) is 22.5 Å². The Hall–Kier alpha value is -2.34. The van der Waals surface area contributed by atoms with Crippen LogP contribution in [0.3, 0.4) is 0 Å². The van der Waals surface area contributed by atoms with Crippen molar-refractivity contribution < 1.29 is 13.9 Å². The zero-order valence-corrected chi connectivity index (χ0v) is 13.3. The summed E-state index contributed by atoms with van der Waals surface area (Å²) < 4.78 is 10.4. The summed E-state index contributed by atoms with van der Waals surface area (Å²) in [6.07, 6.45) is 4.62. The molecule has 23 heavy (non-hydrogen) atoms. The van der Waals surface area contributed by atoms with Gasteiger partial charge in [0, 0.05) is 51.2 Å². The van der Waals surface area contributed by atoms with Crippen LogP contribution in [0.4, 0.5) is 0 Å². The van der Waals surface area contributed by atoms with Crippen LogP contribution in [0.25, 0.3) is 0 Å². The predicted molar refractivity (Wildman–Crippen MR) is 85.3 cm³/mol. The van der Waals surface area contributed by atoms with Crippen molar-refractivity contribution in [3.8, 4) is 5.95 Å². The van der Waals surface area contributed by atoms with Gasteiger partial charge in [0.05, 0.1) is 7.11 Å². The van der Waals surface area contributed by atoms with Gasteiger partial charge in [-0.1, -0.05) is 6.07 Å². The summed E-state index contributed by atoms with van der Waals surface area (Å²) in [7, 11) is 1.52. The van der Waals surface area contributed by atoms with Crippen molar-refractivity contribution in [3.63, 3.8) is 0 Å². The Kier molecular flexibility index (Phi) is 4.92. The lowest BCUT2D eigenvalue weighted by Crippen LogP contribution is -2.34. The molecule has 0 aromatic carbocycles. The number of methoxy groups -OCH3 is 1. The summed E-state index contributed by atoms with van der Waals surface area (Å²) in [5.74, 6) is 0.625. The number of ether oxygens (including phenoxy) is 1. The van der Waals surface area contributed by atoms with Gasteiger partial charge in [-0.05, 0) is 24.1 Å². The molecule has 3 heterocycles. The molecule has 1 aliphatic heterocycles. The minimum Gasteiger partial charge on any atom is -0.468 e. The summed E-state index contributed by atoms with van der Waals surface area (Å²) in [5, 5.41) is 0. The van der Waals surface area contributed by atoms with E-state index in [1.54, 1.807) is 18.3 Å². The molecule has 0 spiro atoms. The van der Waals surface area contributed by atoms with Crippen molar-refractivity contribution >= 4 is 5.91 Å². The van der Waals surface area contributed by atoms with E-state index >= 15 is 0 Å². The Bertz CT molecular complexity index is 642. The maximum absolute atomic E-state index is 12.5. The highest BCUT2D eigenvalue weighted by molar-refractivity contribution is 5.91. The first kappa shape index (κ1) is 15.6. The van der Waals surface area contributed by atoms with Gasteiger partial charge in [0.25, 0.3) is 11.9 Å². The molecule has 0 bridgehead atoms. The molecule has 3 rings (SSSR count). The monoisotopic (exact) mass is 315 g/mol. The number of carbonyl (C=O) groups is 1. The zero-order valence-electron chi connectivity index (χ0n) is 13.3. The van der Waals surface area contributed by atoms with Crippen LogP contribution in [-0.2, 0) is 6.54 Å². The highest BCUT2D eigenvalue weighted by Gasteiger charge is 2.22. The number of hydrogen-bond donors (Lipinski definition) is 0. The van der Waals surface area contributed by atoms with E-state index in [2.05, 4.69) is 16.0 Å². The molecule has 2 aromatic heterocycles. The second kappa shape index (κ2) is 7.28. The first-order valence-corrected chi connectivity index (χ1v) is 7.80. The predicted octanol–water partition coefficient (Wildman–Crippen LogP) is 2.03. The molecule has 122 valence electrons. The van der Waals surface area contributed by atoms with Crippen molar-refractivity contribution in [3.05, 3.63) is 48.0 Å². The second-order valence-electron chi connectivity index (χ2n) is 5.61. The van der Waals surface area contributed by atoms with Crippen LogP contribution in [0.15, 0.2) is 41.1 Å². The number of carbonyl (C=O) groups excluding carboxylic acids is 1. The van der Waals surface area contributed by atoms with Gasteiger partial charge >= 0.3 is 0 Å². The van der Waals surface area contributed by atoms with E-state index in [9.17, 15) is 4.79 Å². The summed E-state index contributed by atoms with van der Waals surface area (Å²) >= 11 is 0. The highest BCUT2D eigenvalue weighted by Crippen LogP contribution is 2.18. The molecule has 0 atom stereocenters. The lowest BCUT2D eigenvalue weighted by molar-refractivity contribution is 0.0723. The minimum atomic E-state index is -0.0727. The Morgan fingerprint density at radius 2 is 2.17 bits per heavy atom. The lowest BCUT2D eigenvalue weighted by atomic mass is 10.2. The van der Waals surface area contributed by atoms with Crippen LogP contribution in [0.5, 0.6) is 5.95 Å². The van der Waals surface area contributed by atoms with E-state index in [-0.39, 0.29) is 5.91 Å². The molecule has 1 saturated heterocycles. The fourth-order valence-electron chi connectivity index (χ4n) is 2.78. The van der Waals surface area contributed by atoms with E-state index in [0.29, 0.717) is 18.3 Å². The molecule has 0 saturated carbocycles. The quantitative estimate of drug-likeness (QED) is 0.864. The molecule has 1 fully saturated rings. The second-order valence-corrected chi connectivity index (χ2v) is 5.61. The Balaban J connectivity index is 1.58. The molecule has 1 amide bonds. The van der Waals surface area contributed by atoms with Crippen molar-refractivity contribution in [2.45, 2.75) is 13.0 Å². The van der Waals surface area contributed by atoms with Crippen molar-refractivity contribution in [2.75, 3.05) is 33.3 Å². The van der Waals surface area contributed by atoms with Crippen molar-refractivity contribution in [2.24, 2.45) is 0 Å². The average molecular weight is 315 g/mol. The maximum atomic E-state index is 12.5. The summed E-state index contributed by atoms with van der Waals surface area (Å²) in [4.78, 5) is 20.8. The minimum absolute atomic E-state index is 0.0727. The smallest absolute Gasteiger partial charge is 0.289 e. The molecule has 0 aliphatic carbocycles. The standard InChI is InChI=1S/C17H21N3O3/c1-22-16-6-5-15(23-16)17(21)20-9-3-8-19(10-11-20)13-14-4-2-7-18-12-14/h2,4-7,12H,3,8-11,13H2,1H3. The lowest BCUT2D eigenvalue weighted by Gasteiger charge is -2.21. The third kappa shape index (κ3) is 3.90. The van der Waals surface area contributed by atoms with Crippen molar-refractivity contribution in [1.29, 1.82) is 0 Å². The summed E-state index contributed by atoms with van der Waals surface area (Å²) in [5.41, 5.74) is 1.20. The molecular weight excluding hydrogens is 294 g/mol. The van der Waals surface area contributed by atoms with Gasteiger partial charge in [-0.3, -0.25) is 14.7 Å². The first-order valence-electron chi connectivity index (χ1n) is 7.80. The first-order chi connectivity index (χ1) is 11.3. The average Bonchev–Trinajstić information content (AvgIpc) is 2.95. The van der Waals surface area contributed by atoms with Gasteiger partial charge in [0.1, 0.15) is 0 Å². The molecule has 1 aliphatic rings. The van der Waals surface area contributed by atoms with Gasteiger partial charge in [-0.25, -0.2) is 0 Å². The van der Waals surface area contributed by atoms with E-state index in [1.165, 1.54) is 12.7 Å². The SMILES string of the molecule is COc1ccc(C(=O)N2CCCN(Cc3cccnc3)CC2)o1. The largest absolute Gasteiger partial charge is 0.468 e. The van der Waals surface area contributed by atoms with Gasteiger partial charge < -0.3 is 14.1 Å². The molecular formula is C17H21N3O3. The third-order valence-electron chi connectivity index (χ3n) is 4.00. The highest BCUT2D eigenvalue weighted by atomic mass is 16.6. The van der Waals surface area contributed by atoms with Crippen LogP contribution in [-0.4, -0.2) is 54.0 Å². The topological polar surface area (TPSA) is 58.8 Å². The van der Waals surface area contributed by atoms with Crippen LogP contribution in [0.2, 0.25) is 0 Å². The normalized spacial score (nSPS) is 16.1. The van der Waals surface area contributed by atoms with E-state index in [1.807, 2.05) is 17.2 Å². The Morgan fingerprint density at radius 3 is 2.91 bits per heavy atom. The van der Waals surface area contributed by atoms with E-state index in [0.717, 1.165) is 32.6 Å². The number of rotatable bonds is 4. The summed E-state index contributed by atoms with van der Waals surface area (Å²) in [6.45, 7) is 4.12. The van der Waals surface area contributed by atoms with Gasteiger partial charge in [0.15, 0.2) is 5.76 Å². The fourth-order valence-corrected chi connectivity index (χ4v) is 2.78. The number of hydrogen-bond acceptors (Lipinski definition) is 5. The number of furan rings is 1. The molecule has 0 unspecified atom stereocenters. The van der Waals surface area contributed by atoms with Crippen LogP contribution in [0, 0.1) is 0 Å². The maximum Gasteiger partial charge on any atom is 0.289 e. The van der Waals surface area contributed by atoms with E-state index < -0.39 is 0 Å². The number of nitrogens with zero attached hydrogens (tertiary/aromatic N) is 3. The number of pyridine rings is 1. The third-order valence-corrected chi connectivity index (χ3v) is 4.00. The molecule has 2 aromatic rings. The molecule has 6 nitrogen and oxygen atoms in total. The van der Waals surface area contributed by atoms with Gasteiger partial charge in [0.2, 0.25) is 0 Å². The summed E-state index contributed by atoms with van der Waals surface area (Å²) in [6, 6.07) is 7.36. The molecule has 0 N–H and O–H groups in total. The Labute approximate surface area is 135 Å². The Morgan fingerprint density at radius 1 is 1.26 bits per heavy atom. The van der Waals surface area contributed by atoms with Gasteiger partial charge in [-0.15, -0.1) is 0 Å². The van der Waals surface area contributed by atoms with Crippen LogP contribution >= 0.6 is 0 Å². The molecule has 0 radical (unpaired) electrons.